The van der Waals surface area contributed by atoms with Gasteiger partial charge in [0.05, 0.1) is 0 Å². The van der Waals surface area contributed by atoms with Crippen molar-refractivity contribution >= 4 is 5.69 Å². The van der Waals surface area contributed by atoms with E-state index < -0.39 is 0 Å². The molecule has 0 aliphatic rings. The molecule has 0 radical (unpaired) electrons. The van der Waals surface area contributed by atoms with Crippen LogP contribution >= 0.6 is 0 Å². The monoisotopic (exact) mass is 263 g/mol. The molecule has 0 saturated heterocycles. The second kappa shape index (κ2) is 8.08. The first-order chi connectivity index (χ1) is 9.04. The Labute approximate surface area is 118 Å². The summed E-state index contributed by atoms with van der Waals surface area (Å²) in [6.07, 6.45) is 7.87. The van der Waals surface area contributed by atoms with E-state index in [1.54, 1.807) is 0 Å². The average Bonchev–Trinajstić information content (AvgIpc) is 2.35. The van der Waals surface area contributed by atoms with Crippen LogP contribution in [0, 0.1) is 13.8 Å². The first-order valence-electron chi connectivity index (χ1n) is 7.61. The van der Waals surface area contributed by atoms with E-state index in [2.05, 4.69) is 19.2 Å². The molecule has 2 nitrogen and oxygen atoms in total. The fraction of sp³-hybridized carbons (Fsp3) is 0.647. The third-order valence-corrected chi connectivity index (χ3v) is 3.69. The SMILES string of the molecule is CCCCCCCC(C)Nc1cc(C)c(O)cc1C. The lowest BCUT2D eigenvalue weighted by atomic mass is 10.1. The van der Waals surface area contributed by atoms with Gasteiger partial charge in [-0.1, -0.05) is 39.0 Å². The van der Waals surface area contributed by atoms with Crippen molar-refractivity contribution in [2.24, 2.45) is 0 Å². The largest absolute Gasteiger partial charge is 0.508 e. The topological polar surface area (TPSA) is 32.3 Å². The Kier molecular flexibility index (Phi) is 6.75. The number of unbranched alkanes of at least 4 members (excludes halogenated alkanes) is 4. The van der Waals surface area contributed by atoms with Crippen molar-refractivity contribution in [1.82, 2.24) is 0 Å². The molecule has 19 heavy (non-hydrogen) atoms. The number of benzene rings is 1. The molecule has 0 saturated carbocycles. The van der Waals surface area contributed by atoms with Crippen LogP contribution in [0.15, 0.2) is 12.1 Å². The maximum atomic E-state index is 9.65. The van der Waals surface area contributed by atoms with Crippen LogP contribution in [0.1, 0.15) is 63.5 Å². The van der Waals surface area contributed by atoms with E-state index in [1.807, 2.05) is 26.0 Å². The van der Waals surface area contributed by atoms with E-state index >= 15 is 0 Å². The van der Waals surface area contributed by atoms with Crippen LogP contribution < -0.4 is 5.32 Å². The van der Waals surface area contributed by atoms with Gasteiger partial charge in [-0.25, -0.2) is 0 Å². The second-order valence-corrected chi connectivity index (χ2v) is 5.70. The molecular weight excluding hydrogens is 234 g/mol. The Hall–Kier alpha value is -1.18. The van der Waals surface area contributed by atoms with Crippen LogP contribution in [0.2, 0.25) is 0 Å². The molecule has 0 bridgehead atoms. The summed E-state index contributed by atoms with van der Waals surface area (Å²) in [5, 5.41) is 13.2. The Balaban J connectivity index is 2.40. The van der Waals surface area contributed by atoms with Crippen molar-refractivity contribution in [3.05, 3.63) is 23.3 Å². The van der Waals surface area contributed by atoms with E-state index in [1.165, 1.54) is 38.5 Å². The second-order valence-electron chi connectivity index (χ2n) is 5.70. The highest BCUT2D eigenvalue weighted by Crippen LogP contribution is 2.26. The van der Waals surface area contributed by atoms with Crippen molar-refractivity contribution < 1.29 is 5.11 Å². The molecule has 1 aromatic carbocycles. The van der Waals surface area contributed by atoms with Gasteiger partial charge in [-0.3, -0.25) is 0 Å². The van der Waals surface area contributed by atoms with Crippen LogP contribution in [-0.4, -0.2) is 11.1 Å². The minimum absolute atomic E-state index is 0.385. The minimum atomic E-state index is 0.385. The zero-order chi connectivity index (χ0) is 14.3. The highest BCUT2D eigenvalue weighted by molar-refractivity contribution is 5.57. The lowest BCUT2D eigenvalue weighted by Crippen LogP contribution is -2.15. The standard InChI is InChI=1S/C17H29NO/c1-5-6-7-8-9-10-15(4)18-16-11-14(3)17(19)12-13(16)2/h11-12,15,18-19H,5-10H2,1-4H3. The van der Waals surface area contributed by atoms with Crippen molar-refractivity contribution in [1.29, 1.82) is 0 Å². The summed E-state index contributed by atoms with van der Waals surface area (Å²) >= 11 is 0. The van der Waals surface area contributed by atoms with Gasteiger partial charge >= 0.3 is 0 Å². The van der Waals surface area contributed by atoms with Gasteiger partial charge < -0.3 is 10.4 Å². The number of anilines is 1. The van der Waals surface area contributed by atoms with Gasteiger partial charge in [0.1, 0.15) is 5.75 Å². The molecule has 0 aromatic heterocycles. The predicted octanol–water partition coefficient (Wildman–Crippen LogP) is 5.17. The van der Waals surface area contributed by atoms with Crippen LogP contribution in [-0.2, 0) is 0 Å². The summed E-state index contributed by atoms with van der Waals surface area (Å²) in [6, 6.07) is 4.37. The summed E-state index contributed by atoms with van der Waals surface area (Å²) in [4.78, 5) is 0. The van der Waals surface area contributed by atoms with E-state index in [4.69, 9.17) is 0 Å². The molecule has 1 rings (SSSR count). The Morgan fingerprint density at radius 3 is 2.42 bits per heavy atom. The van der Waals surface area contributed by atoms with E-state index in [9.17, 15) is 5.11 Å². The molecule has 1 unspecified atom stereocenters. The number of aromatic hydroxyl groups is 1. The van der Waals surface area contributed by atoms with Crippen LogP contribution in [0.3, 0.4) is 0 Å². The van der Waals surface area contributed by atoms with Gasteiger partial charge in [0.2, 0.25) is 0 Å². The summed E-state index contributed by atoms with van der Waals surface area (Å²) < 4.78 is 0. The van der Waals surface area contributed by atoms with Gasteiger partial charge in [0.15, 0.2) is 0 Å². The highest BCUT2D eigenvalue weighted by atomic mass is 16.3. The van der Waals surface area contributed by atoms with E-state index in [0.717, 1.165) is 16.8 Å². The fourth-order valence-corrected chi connectivity index (χ4v) is 2.35. The molecule has 0 aliphatic heterocycles. The van der Waals surface area contributed by atoms with Crippen LogP contribution in [0.4, 0.5) is 5.69 Å². The minimum Gasteiger partial charge on any atom is -0.508 e. The number of rotatable bonds is 8. The average molecular weight is 263 g/mol. The quantitative estimate of drug-likeness (QED) is 0.501. The maximum absolute atomic E-state index is 9.65. The number of phenolic OH excluding ortho intramolecular Hbond substituents is 1. The predicted molar refractivity (Wildman–Crippen MR) is 84.0 cm³/mol. The maximum Gasteiger partial charge on any atom is 0.118 e. The van der Waals surface area contributed by atoms with Crippen LogP contribution in [0.25, 0.3) is 0 Å². The molecule has 0 fully saturated rings. The molecular formula is C17H29NO. The normalized spacial score (nSPS) is 12.4. The molecule has 0 spiro atoms. The smallest absolute Gasteiger partial charge is 0.118 e. The Bertz CT molecular complexity index is 387. The lowest BCUT2D eigenvalue weighted by molar-refractivity contribution is 0.470. The zero-order valence-corrected chi connectivity index (χ0v) is 12.9. The fourth-order valence-electron chi connectivity index (χ4n) is 2.35. The first-order valence-corrected chi connectivity index (χ1v) is 7.61. The number of aryl methyl sites for hydroxylation is 2. The lowest BCUT2D eigenvalue weighted by Gasteiger charge is -2.18. The summed E-state index contributed by atoms with van der Waals surface area (Å²) in [5.41, 5.74) is 3.19. The first kappa shape index (κ1) is 15.9. The molecule has 108 valence electrons. The summed E-state index contributed by atoms with van der Waals surface area (Å²) in [5.74, 6) is 0.385. The van der Waals surface area contributed by atoms with Crippen molar-refractivity contribution in [3.8, 4) is 5.75 Å². The van der Waals surface area contributed by atoms with E-state index in [-0.39, 0.29) is 0 Å². The summed E-state index contributed by atoms with van der Waals surface area (Å²) in [6.45, 7) is 8.46. The van der Waals surface area contributed by atoms with Crippen molar-refractivity contribution in [2.45, 2.75) is 72.3 Å². The molecule has 0 heterocycles. The van der Waals surface area contributed by atoms with Gasteiger partial charge in [0, 0.05) is 11.7 Å². The molecule has 0 aliphatic carbocycles. The molecule has 2 N–H and O–H groups in total. The van der Waals surface area contributed by atoms with Gasteiger partial charge in [-0.15, -0.1) is 0 Å². The molecule has 1 atom stereocenters. The molecule has 1 aromatic rings. The summed E-state index contributed by atoms with van der Waals surface area (Å²) in [7, 11) is 0. The van der Waals surface area contributed by atoms with Gasteiger partial charge in [-0.2, -0.15) is 0 Å². The Morgan fingerprint density at radius 2 is 1.74 bits per heavy atom. The van der Waals surface area contributed by atoms with Crippen molar-refractivity contribution in [3.63, 3.8) is 0 Å². The number of hydrogen-bond acceptors (Lipinski definition) is 2. The van der Waals surface area contributed by atoms with Crippen LogP contribution in [0.5, 0.6) is 5.75 Å². The highest BCUT2D eigenvalue weighted by Gasteiger charge is 2.07. The van der Waals surface area contributed by atoms with Gasteiger partial charge in [-0.05, 0) is 50.5 Å². The number of hydrogen-bond donors (Lipinski definition) is 2. The third-order valence-electron chi connectivity index (χ3n) is 3.69. The zero-order valence-electron chi connectivity index (χ0n) is 12.9. The number of nitrogens with one attached hydrogen (secondary N) is 1. The Morgan fingerprint density at radius 1 is 1.05 bits per heavy atom. The van der Waals surface area contributed by atoms with Crippen molar-refractivity contribution in [2.75, 3.05) is 5.32 Å². The van der Waals surface area contributed by atoms with Gasteiger partial charge in [0.25, 0.3) is 0 Å². The third kappa shape index (κ3) is 5.54. The molecule has 0 amide bonds. The number of phenols is 1. The molecule has 2 heteroatoms. The van der Waals surface area contributed by atoms with E-state index in [0.29, 0.717) is 11.8 Å².